The van der Waals surface area contributed by atoms with E-state index in [4.69, 9.17) is 11.6 Å². The first kappa shape index (κ1) is 21.1. The highest BCUT2D eigenvalue weighted by atomic mass is 35.5. The summed E-state index contributed by atoms with van der Waals surface area (Å²) >= 11 is 5.90. The van der Waals surface area contributed by atoms with Gasteiger partial charge < -0.3 is 20.8 Å². The molecule has 3 rings (SSSR count). The summed E-state index contributed by atoms with van der Waals surface area (Å²) in [5, 5.41) is 25.9. The molecule has 0 aliphatic heterocycles. The van der Waals surface area contributed by atoms with E-state index in [-0.39, 0.29) is 35.7 Å². The van der Waals surface area contributed by atoms with E-state index in [1.165, 1.54) is 24.4 Å². The highest BCUT2D eigenvalue weighted by Crippen LogP contribution is 2.28. The molecule has 1 fully saturated rings. The number of benzene rings is 1. The number of rotatable bonds is 5. The summed E-state index contributed by atoms with van der Waals surface area (Å²) in [6.45, 7) is 1.81. The summed E-state index contributed by atoms with van der Waals surface area (Å²) in [7, 11) is 0. The highest BCUT2D eigenvalue weighted by Gasteiger charge is 2.29. The van der Waals surface area contributed by atoms with Crippen molar-refractivity contribution in [3.05, 3.63) is 52.8 Å². The van der Waals surface area contributed by atoms with Gasteiger partial charge in [-0.1, -0.05) is 11.6 Å². The van der Waals surface area contributed by atoms with Gasteiger partial charge in [0.05, 0.1) is 12.0 Å². The van der Waals surface area contributed by atoms with Crippen molar-refractivity contribution in [2.45, 2.75) is 50.7 Å². The third kappa shape index (κ3) is 5.92. The van der Waals surface area contributed by atoms with Gasteiger partial charge in [0.1, 0.15) is 11.4 Å². The fourth-order valence-corrected chi connectivity index (χ4v) is 3.54. The zero-order valence-electron chi connectivity index (χ0n) is 16.1. The van der Waals surface area contributed by atoms with Gasteiger partial charge in [0.25, 0.3) is 5.91 Å². The van der Waals surface area contributed by atoms with Gasteiger partial charge in [-0.05, 0) is 62.9 Å². The van der Waals surface area contributed by atoms with Crippen molar-refractivity contribution in [1.29, 1.82) is 0 Å². The van der Waals surface area contributed by atoms with Crippen molar-refractivity contribution >= 4 is 29.1 Å². The quantitative estimate of drug-likeness (QED) is 0.597. The lowest BCUT2D eigenvalue weighted by atomic mass is 9.83. The van der Waals surface area contributed by atoms with E-state index < -0.39 is 5.60 Å². The Labute approximate surface area is 174 Å². The van der Waals surface area contributed by atoms with Gasteiger partial charge in [-0.3, -0.25) is 14.6 Å². The predicted octanol–water partition coefficient (Wildman–Crippen LogP) is 3.05. The largest absolute Gasteiger partial charge is 0.508 e. The van der Waals surface area contributed by atoms with Gasteiger partial charge in [0.2, 0.25) is 5.91 Å². The fraction of sp³-hybridized carbons (Fsp3) is 0.381. The molecule has 0 spiro atoms. The van der Waals surface area contributed by atoms with Crippen LogP contribution in [0, 0.1) is 0 Å². The molecule has 0 radical (unpaired) electrons. The molecule has 8 heteroatoms. The molecule has 1 aromatic carbocycles. The topological polar surface area (TPSA) is 112 Å². The van der Waals surface area contributed by atoms with Crippen molar-refractivity contribution in [3.63, 3.8) is 0 Å². The molecule has 0 atom stereocenters. The molecule has 29 heavy (non-hydrogen) atoms. The molecule has 2 aromatic rings. The number of carbonyl (C=O) groups excluding carboxylic acids is 2. The minimum absolute atomic E-state index is 0.00595. The number of halogens is 1. The monoisotopic (exact) mass is 417 g/mol. The first-order valence-electron chi connectivity index (χ1n) is 9.48. The number of hydrogen-bond acceptors (Lipinski definition) is 5. The number of phenols is 1. The molecule has 7 nitrogen and oxygen atoms in total. The maximum absolute atomic E-state index is 12.5. The van der Waals surface area contributed by atoms with Crippen molar-refractivity contribution in [2.75, 3.05) is 5.32 Å². The Bertz CT molecular complexity index is 907. The Balaban J connectivity index is 1.59. The number of phenolic OH excluding ortho intramolecular Hbond substituents is 1. The second-order valence-electron chi connectivity index (χ2n) is 7.67. The van der Waals surface area contributed by atoms with Crippen molar-refractivity contribution in [2.24, 2.45) is 0 Å². The van der Waals surface area contributed by atoms with E-state index in [0.29, 0.717) is 42.0 Å². The molecule has 1 saturated carbocycles. The van der Waals surface area contributed by atoms with Crippen LogP contribution in [0.3, 0.4) is 0 Å². The third-order valence-electron chi connectivity index (χ3n) is 5.07. The van der Waals surface area contributed by atoms with Gasteiger partial charge >= 0.3 is 0 Å². The van der Waals surface area contributed by atoms with Crippen LogP contribution in [0.1, 0.15) is 48.7 Å². The van der Waals surface area contributed by atoms with Crippen LogP contribution in [0.2, 0.25) is 5.02 Å². The number of hydrogen-bond donors (Lipinski definition) is 4. The molecule has 1 heterocycles. The Morgan fingerprint density at radius 3 is 2.69 bits per heavy atom. The van der Waals surface area contributed by atoms with E-state index in [0.717, 1.165) is 0 Å². The number of aromatic hydroxyl groups is 1. The van der Waals surface area contributed by atoms with Crippen LogP contribution in [0.4, 0.5) is 5.69 Å². The number of nitrogens with one attached hydrogen (secondary N) is 2. The fourth-order valence-electron chi connectivity index (χ4n) is 3.35. The second-order valence-corrected chi connectivity index (χ2v) is 8.11. The van der Waals surface area contributed by atoms with Crippen LogP contribution in [-0.2, 0) is 11.2 Å². The van der Waals surface area contributed by atoms with E-state index in [1.807, 2.05) is 6.92 Å². The first-order valence-corrected chi connectivity index (χ1v) is 9.86. The average molecular weight is 418 g/mol. The standard InChI is InChI=1S/C21H24ClN3O4/c1-21(29)7-4-15(5-8-21)25-20(28)17-12-16(6-9-23-17)24-19(27)11-13-10-14(22)2-3-18(13)26/h2-3,6,9-10,12,15,26,29H,4-5,7-8,11H2,1H3,(H,25,28)(H,23,24,27). The molecule has 2 amide bonds. The molecule has 154 valence electrons. The predicted molar refractivity (Wildman–Crippen MR) is 110 cm³/mol. The summed E-state index contributed by atoms with van der Waals surface area (Å²) in [6.07, 6.45) is 4.08. The Kier molecular flexibility index (Phi) is 6.39. The lowest BCUT2D eigenvalue weighted by Gasteiger charge is -2.33. The minimum atomic E-state index is -0.666. The van der Waals surface area contributed by atoms with Gasteiger partial charge in [-0.25, -0.2) is 0 Å². The summed E-state index contributed by atoms with van der Waals surface area (Å²) in [5.41, 5.74) is 0.380. The van der Waals surface area contributed by atoms with Gasteiger partial charge in [0.15, 0.2) is 0 Å². The number of nitrogens with zero attached hydrogens (tertiary/aromatic N) is 1. The normalized spacial score (nSPS) is 21.4. The molecule has 0 unspecified atom stereocenters. The average Bonchev–Trinajstić information content (AvgIpc) is 2.66. The summed E-state index contributed by atoms with van der Waals surface area (Å²) in [6, 6.07) is 7.59. The lowest BCUT2D eigenvalue weighted by Crippen LogP contribution is -2.42. The van der Waals surface area contributed by atoms with Crippen LogP contribution >= 0.6 is 11.6 Å². The number of anilines is 1. The van der Waals surface area contributed by atoms with Crippen LogP contribution in [0.15, 0.2) is 36.5 Å². The van der Waals surface area contributed by atoms with Gasteiger partial charge in [-0.15, -0.1) is 0 Å². The Morgan fingerprint density at radius 2 is 1.97 bits per heavy atom. The van der Waals surface area contributed by atoms with E-state index in [9.17, 15) is 19.8 Å². The maximum atomic E-state index is 12.5. The highest BCUT2D eigenvalue weighted by molar-refractivity contribution is 6.30. The number of aromatic nitrogens is 1. The molecule has 4 N–H and O–H groups in total. The van der Waals surface area contributed by atoms with Crippen molar-refractivity contribution in [1.82, 2.24) is 10.3 Å². The van der Waals surface area contributed by atoms with E-state index in [1.54, 1.807) is 12.1 Å². The summed E-state index contributed by atoms with van der Waals surface area (Å²) in [5.74, 6) is -0.680. The molecular formula is C21H24ClN3O4. The Hall–Kier alpha value is -2.64. The SMILES string of the molecule is CC1(O)CCC(NC(=O)c2cc(NC(=O)Cc3cc(Cl)ccc3O)ccn2)CC1. The molecule has 1 aliphatic rings. The number of amides is 2. The first-order chi connectivity index (χ1) is 13.7. The lowest BCUT2D eigenvalue weighted by molar-refractivity contribution is -0.115. The van der Waals surface area contributed by atoms with Crippen molar-refractivity contribution in [3.8, 4) is 5.75 Å². The molecule has 0 saturated heterocycles. The van der Waals surface area contributed by atoms with Crippen molar-refractivity contribution < 1.29 is 19.8 Å². The zero-order valence-corrected chi connectivity index (χ0v) is 16.9. The third-order valence-corrected chi connectivity index (χ3v) is 5.30. The summed E-state index contributed by atoms with van der Waals surface area (Å²) in [4.78, 5) is 28.9. The van der Waals surface area contributed by atoms with E-state index in [2.05, 4.69) is 15.6 Å². The summed E-state index contributed by atoms with van der Waals surface area (Å²) < 4.78 is 0. The van der Waals surface area contributed by atoms with Crippen LogP contribution in [0.5, 0.6) is 5.75 Å². The van der Waals surface area contributed by atoms with Crippen LogP contribution in [0.25, 0.3) is 0 Å². The zero-order chi connectivity index (χ0) is 21.0. The van der Waals surface area contributed by atoms with Crippen LogP contribution < -0.4 is 10.6 Å². The Morgan fingerprint density at radius 1 is 1.24 bits per heavy atom. The number of aliphatic hydroxyl groups is 1. The van der Waals surface area contributed by atoms with E-state index >= 15 is 0 Å². The molecule has 1 aliphatic carbocycles. The molecule has 0 bridgehead atoms. The van der Waals surface area contributed by atoms with Crippen LogP contribution in [-0.4, -0.2) is 38.7 Å². The van der Waals surface area contributed by atoms with Gasteiger partial charge in [0, 0.05) is 28.5 Å². The van der Waals surface area contributed by atoms with Gasteiger partial charge in [-0.2, -0.15) is 0 Å². The molecular weight excluding hydrogens is 394 g/mol. The number of carbonyl (C=O) groups is 2. The smallest absolute Gasteiger partial charge is 0.270 e. The maximum Gasteiger partial charge on any atom is 0.270 e. The minimum Gasteiger partial charge on any atom is -0.508 e. The second kappa shape index (κ2) is 8.80. The molecule has 1 aromatic heterocycles. The number of pyridine rings is 1.